The molecule has 0 saturated carbocycles. The van der Waals surface area contributed by atoms with Crippen LogP contribution in [0.5, 0.6) is 5.75 Å². The highest BCUT2D eigenvalue weighted by Gasteiger charge is 2.45. The van der Waals surface area contributed by atoms with E-state index in [0.29, 0.717) is 23.3 Å². The highest BCUT2D eigenvalue weighted by atomic mass is 19.1. The monoisotopic (exact) mass is 431 g/mol. The van der Waals surface area contributed by atoms with E-state index in [-0.39, 0.29) is 17.9 Å². The number of hydrogen-bond donors (Lipinski definition) is 1. The number of methoxy groups -OCH3 is 1. The third kappa shape index (κ3) is 4.12. The Hall–Kier alpha value is -3.93. The molecule has 0 aromatic heterocycles. The van der Waals surface area contributed by atoms with Gasteiger partial charge in [0.25, 0.3) is 11.7 Å². The number of Topliss-reactive ketones (excluding diaryl/α,β-unsaturated/α-hetero) is 1. The lowest BCUT2D eigenvalue weighted by Crippen LogP contribution is -2.31. The molecule has 32 heavy (non-hydrogen) atoms. The van der Waals surface area contributed by atoms with E-state index in [9.17, 15) is 19.1 Å². The number of rotatable bonds is 6. The van der Waals surface area contributed by atoms with Crippen LogP contribution in [-0.4, -0.2) is 35.4 Å². The van der Waals surface area contributed by atoms with E-state index >= 15 is 0 Å². The fraction of sp³-hybridized carbons (Fsp3) is 0.154. The number of carbonyl (C=O) groups is 2. The quantitative estimate of drug-likeness (QED) is 0.355. The zero-order valence-electron chi connectivity index (χ0n) is 17.5. The highest BCUT2D eigenvalue weighted by Crippen LogP contribution is 2.39. The molecule has 1 fully saturated rings. The van der Waals surface area contributed by atoms with E-state index < -0.39 is 23.5 Å². The van der Waals surface area contributed by atoms with Crippen LogP contribution in [-0.2, 0) is 16.0 Å². The first-order valence-electron chi connectivity index (χ1n) is 10.2. The van der Waals surface area contributed by atoms with Crippen LogP contribution in [0.15, 0.2) is 84.4 Å². The summed E-state index contributed by atoms with van der Waals surface area (Å²) in [4.78, 5) is 27.4. The van der Waals surface area contributed by atoms with E-state index in [4.69, 9.17) is 4.74 Å². The second-order valence-corrected chi connectivity index (χ2v) is 7.51. The van der Waals surface area contributed by atoms with Crippen LogP contribution in [0.4, 0.5) is 4.39 Å². The summed E-state index contributed by atoms with van der Waals surface area (Å²) in [7, 11) is 1.53. The number of halogens is 1. The number of aliphatic hydroxyl groups excluding tert-OH is 1. The summed E-state index contributed by atoms with van der Waals surface area (Å²) >= 11 is 0. The first-order chi connectivity index (χ1) is 15.5. The van der Waals surface area contributed by atoms with Crippen molar-refractivity contribution >= 4 is 17.4 Å². The number of carbonyl (C=O) groups excluding carboxylic acids is 2. The normalized spacial score (nSPS) is 17.6. The van der Waals surface area contributed by atoms with Crippen LogP contribution < -0.4 is 4.74 Å². The number of hydrogen-bond acceptors (Lipinski definition) is 4. The van der Waals surface area contributed by atoms with Gasteiger partial charge in [0.15, 0.2) is 0 Å². The molecule has 1 saturated heterocycles. The number of amides is 1. The van der Waals surface area contributed by atoms with E-state index in [0.717, 1.165) is 5.56 Å². The summed E-state index contributed by atoms with van der Waals surface area (Å²) < 4.78 is 18.7. The number of ketones is 1. The van der Waals surface area contributed by atoms with Crippen molar-refractivity contribution in [3.05, 3.63) is 107 Å². The Kier molecular flexibility index (Phi) is 6.03. The summed E-state index contributed by atoms with van der Waals surface area (Å²) in [5.41, 5.74) is 1.94. The Morgan fingerprint density at radius 3 is 2.25 bits per heavy atom. The maximum absolute atomic E-state index is 13.6. The fourth-order valence-corrected chi connectivity index (χ4v) is 3.90. The van der Waals surface area contributed by atoms with E-state index in [1.165, 1.54) is 36.3 Å². The van der Waals surface area contributed by atoms with Crippen LogP contribution in [0.2, 0.25) is 0 Å². The molecule has 1 amide bonds. The van der Waals surface area contributed by atoms with E-state index in [1.54, 1.807) is 24.3 Å². The Morgan fingerprint density at radius 2 is 1.62 bits per heavy atom. The number of aliphatic hydroxyl groups is 1. The highest BCUT2D eigenvalue weighted by molar-refractivity contribution is 6.46. The molecule has 3 aromatic carbocycles. The van der Waals surface area contributed by atoms with Crippen molar-refractivity contribution in [1.29, 1.82) is 0 Å². The standard InChI is InChI=1S/C26H22FNO4/c1-32-21-13-9-19(10-14-21)24(29)22-23(18-7-11-20(27)12-8-18)28(26(31)25(22)30)16-15-17-5-3-2-4-6-17/h2-14,23,29H,15-16H2,1H3/t23-/m0/s1. The van der Waals surface area contributed by atoms with Crippen LogP contribution in [0.25, 0.3) is 5.76 Å². The van der Waals surface area contributed by atoms with Gasteiger partial charge in [-0.05, 0) is 53.9 Å². The molecule has 0 unspecified atom stereocenters. The Morgan fingerprint density at radius 1 is 0.969 bits per heavy atom. The molecule has 3 aromatic rings. The van der Waals surface area contributed by atoms with Gasteiger partial charge in [0.2, 0.25) is 0 Å². The third-order valence-corrected chi connectivity index (χ3v) is 5.57. The number of nitrogens with zero attached hydrogens (tertiary/aromatic N) is 1. The molecular formula is C26H22FNO4. The molecule has 1 aliphatic heterocycles. The van der Waals surface area contributed by atoms with Gasteiger partial charge < -0.3 is 14.7 Å². The lowest BCUT2D eigenvalue weighted by molar-refractivity contribution is -0.139. The smallest absolute Gasteiger partial charge is 0.295 e. The van der Waals surface area contributed by atoms with Crippen molar-refractivity contribution < 1.29 is 23.8 Å². The average Bonchev–Trinajstić information content (AvgIpc) is 3.08. The van der Waals surface area contributed by atoms with Gasteiger partial charge in [-0.1, -0.05) is 42.5 Å². The fourth-order valence-electron chi connectivity index (χ4n) is 3.90. The number of likely N-dealkylation sites (tertiary alicyclic amines) is 1. The second kappa shape index (κ2) is 9.06. The molecule has 1 aliphatic rings. The van der Waals surface area contributed by atoms with Gasteiger partial charge in [-0.3, -0.25) is 9.59 Å². The molecule has 5 nitrogen and oxygen atoms in total. The van der Waals surface area contributed by atoms with Crippen LogP contribution in [0, 0.1) is 5.82 Å². The zero-order chi connectivity index (χ0) is 22.7. The van der Waals surface area contributed by atoms with Crippen molar-refractivity contribution in [2.45, 2.75) is 12.5 Å². The van der Waals surface area contributed by atoms with Gasteiger partial charge in [-0.15, -0.1) is 0 Å². The van der Waals surface area contributed by atoms with Crippen LogP contribution in [0.3, 0.4) is 0 Å². The molecule has 0 radical (unpaired) electrons. The van der Waals surface area contributed by atoms with Crippen LogP contribution in [0.1, 0.15) is 22.7 Å². The Bertz CT molecular complexity index is 1150. The Balaban J connectivity index is 1.77. The average molecular weight is 431 g/mol. The predicted molar refractivity (Wildman–Crippen MR) is 119 cm³/mol. The van der Waals surface area contributed by atoms with Crippen molar-refractivity contribution in [2.24, 2.45) is 0 Å². The lowest BCUT2D eigenvalue weighted by Gasteiger charge is -2.25. The number of benzene rings is 3. The molecule has 6 heteroatoms. The topological polar surface area (TPSA) is 66.8 Å². The molecule has 0 bridgehead atoms. The molecular weight excluding hydrogens is 409 g/mol. The maximum atomic E-state index is 13.6. The first-order valence-corrected chi connectivity index (χ1v) is 10.2. The van der Waals surface area contributed by atoms with Gasteiger partial charge in [0, 0.05) is 12.1 Å². The first kappa shape index (κ1) is 21.3. The van der Waals surface area contributed by atoms with Gasteiger partial charge in [0.05, 0.1) is 18.7 Å². The van der Waals surface area contributed by atoms with Crippen molar-refractivity contribution in [3.8, 4) is 5.75 Å². The largest absolute Gasteiger partial charge is 0.507 e. The molecule has 4 rings (SSSR count). The molecule has 1 atom stereocenters. The third-order valence-electron chi connectivity index (χ3n) is 5.57. The molecule has 0 spiro atoms. The molecule has 1 heterocycles. The molecule has 0 aliphatic carbocycles. The van der Waals surface area contributed by atoms with Gasteiger partial charge in [-0.25, -0.2) is 4.39 Å². The van der Waals surface area contributed by atoms with Crippen molar-refractivity contribution in [3.63, 3.8) is 0 Å². The minimum absolute atomic E-state index is 0.0140. The molecule has 162 valence electrons. The summed E-state index contributed by atoms with van der Waals surface area (Å²) in [5.74, 6) is -1.56. The minimum atomic E-state index is -0.818. The summed E-state index contributed by atoms with van der Waals surface area (Å²) in [5, 5.41) is 11.0. The lowest BCUT2D eigenvalue weighted by atomic mass is 9.95. The summed E-state index contributed by atoms with van der Waals surface area (Å²) in [6.07, 6.45) is 0.536. The van der Waals surface area contributed by atoms with Gasteiger partial charge >= 0.3 is 0 Å². The predicted octanol–water partition coefficient (Wildman–Crippen LogP) is 4.50. The van der Waals surface area contributed by atoms with E-state index in [2.05, 4.69) is 0 Å². The minimum Gasteiger partial charge on any atom is -0.507 e. The Labute approximate surface area is 185 Å². The number of ether oxygens (including phenoxy) is 1. The summed E-state index contributed by atoms with van der Waals surface area (Å²) in [6.45, 7) is 0.274. The van der Waals surface area contributed by atoms with Gasteiger partial charge in [0.1, 0.15) is 17.3 Å². The summed E-state index contributed by atoms with van der Waals surface area (Å²) in [6, 6.07) is 21.0. The van der Waals surface area contributed by atoms with E-state index in [1.807, 2.05) is 30.3 Å². The van der Waals surface area contributed by atoms with Crippen LogP contribution >= 0.6 is 0 Å². The van der Waals surface area contributed by atoms with Crippen molar-refractivity contribution in [2.75, 3.05) is 13.7 Å². The zero-order valence-corrected chi connectivity index (χ0v) is 17.5. The maximum Gasteiger partial charge on any atom is 0.295 e. The van der Waals surface area contributed by atoms with Crippen molar-refractivity contribution in [1.82, 2.24) is 4.90 Å². The molecule has 1 N–H and O–H groups in total. The second-order valence-electron chi connectivity index (χ2n) is 7.51. The SMILES string of the molecule is COc1ccc(C(O)=C2C(=O)C(=O)N(CCc3ccccc3)[C@H]2c2ccc(F)cc2)cc1. The van der Waals surface area contributed by atoms with Gasteiger partial charge in [-0.2, -0.15) is 0 Å².